The van der Waals surface area contributed by atoms with E-state index >= 15 is 0 Å². The number of ketones is 1. The van der Waals surface area contributed by atoms with Gasteiger partial charge in [0.2, 0.25) is 11.7 Å². The molecule has 0 aliphatic carbocycles. The zero-order chi connectivity index (χ0) is 16.8. The lowest BCUT2D eigenvalue weighted by atomic mass is 10.1. The van der Waals surface area contributed by atoms with Gasteiger partial charge in [0.05, 0.1) is 5.56 Å². The molecule has 0 saturated carbocycles. The molecule has 118 valence electrons. The molecule has 1 unspecified atom stereocenters. The molecule has 1 atom stereocenters. The van der Waals surface area contributed by atoms with E-state index in [1.54, 1.807) is 43.3 Å². The van der Waals surface area contributed by atoms with Crippen LogP contribution in [0, 0.1) is 0 Å². The molecule has 0 radical (unpaired) electrons. The first-order valence-corrected chi connectivity index (χ1v) is 7.15. The van der Waals surface area contributed by atoms with Crippen molar-refractivity contribution in [3.63, 3.8) is 0 Å². The minimum absolute atomic E-state index is 0.192. The average Bonchev–Trinajstić information content (AvgIpc) is 2.55. The smallest absolute Gasteiger partial charge is 0.338 e. The summed E-state index contributed by atoms with van der Waals surface area (Å²) in [5, 5.41) is 2.61. The Balaban J connectivity index is 2.01. The van der Waals surface area contributed by atoms with Crippen LogP contribution in [0.3, 0.4) is 0 Å². The van der Waals surface area contributed by atoms with E-state index in [1.807, 2.05) is 6.07 Å². The third kappa shape index (κ3) is 4.51. The van der Waals surface area contributed by atoms with Crippen LogP contribution in [-0.4, -0.2) is 23.8 Å². The van der Waals surface area contributed by atoms with Crippen LogP contribution in [0.5, 0.6) is 0 Å². The first kappa shape index (κ1) is 16.4. The van der Waals surface area contributed by atoms with Crippen LogP contribution in [0.4, 0.5) is 5.69 Å². The van der Waals surface area contributed by atoms with Gasteiger partial charge >= 0.3 is 5.97 Å². The molecule has 0 saturated heterocycles. The number of Topliss-reactive ketones (excluding diaryl/α,β-unsaturated/α-hetero) is 1. The van der Waals surface area contributed by atoms with Crippen molar-refractivity contribution >= 4 is 23.3 Å². The number of rotatable bonds is 5. The van der Waals surface area contributed by atoms with Gasteiger partial charge in [-0.15, -0.1) is 0 Å². The fraction of sp³-hybridized carbons (Fsp3) is 0.167. The van der Waals surface area contributed by atoms with Crippen molar-refractivity contribution < 1.29 is 19.1 Å². The quantitative estimate of drug-likeness (QED) is 0.680. The summed E-state index contributed by atoms with van der Waals surface area (Å²) in [6.07, 6.45) is -0.875. The lowest BCUT2D eigenvalue weighted by Gasteiger charge is -2.12. The molecule has 1 N–H and O–H groups in total. The third-order valence-electron chi connectivity index (χ3n) is 3.15. The maximum Gasteiger partial charge on any atom is 0.338 e. The Morgan fingerprint density at radius 1 is 0.913 bits per heavy atom. The average molecular weight is 311 g/mol. The monoisotopic (exact) mass is 311 g/mol. The van der Waals surface area contributed by atoms with Gasteiger partial charge in [0.1, 0.15) is 0 Å². The highest BCUT2D eigenvalue weighted by molar-refractivity contribution is 6.01. The molecule has 0 fully saturated rings. The molecule has 1 amide bonds. The molecule has 2 aromatic carbocycles. The van der Waals surface area contributed by atoms with Crippen molar-refractivity contribution in [3.8, 4) is 0 Å². The highest BCUT2D eigenvalue weighted by Crippen LogP contribution is 2.13. The lowest BCUT2D eigenvalue weighted by molar-refractivity contribution is -0.114. The number of anilines is 1. The molecule has 5 nitrogen and oxygen atoms in total. The minimum atomic E-state index is -0.875. The fourth-order valence-corrected chi connectivity index (χ4v) is 2.01. The van der Waals surface area contributed by atoms with E-state index in [4.69, 9.17) is 4.74 Å². The van der Waals surface area contributed by atoms with E-state index in [2.05, 4.69) is 5.32 Å². The standard InChI is InChI=1S/C18H17NO4/c1-12(17(21)14-6-4-3-5-7-14)23-18(22)15-8-10-16(11-9-15)19-13(2)20/h3-12H,1-2H3,(H,19,20). The predicted octanol–water partition coefficient (Wildman–Crippen LogP) is 3.07. The van der Waals surface area contributed by atoms with Gasteiger partial charge in [-0.3, -0.25) is 9.59 Å². The Kier molecular flexibility index (Phi) is 5.25. The Hall–Kier alpha value is -2.95. The van der Waals surface area contributed by atoms with Crippen LogP contribution in [0.15, 0.2) is 54.6 Å². The zero-order valence-corrected chi connectivity index (χ0v) is 12.9. The fourth-order valence-electron chi connectivity index (χ4n) is 2.01. The summed E-state index contributed by atoms with van der Waals surface area (Å²) in [6.45, 7) is 2.94. The first-order chi connectivity index (χ1) is 11.0. The largest absolute Gasteiger partial charge is 0.451 e. The second-order valence-electron chi connectivity index (χ2n) is 5.04. The first-order valence-electron chi connectivity index (χ1n) is 7.15. The van der Waals surface area contributed by atoms with Crippen LogP contribution in [0.1, 0.15) is 34.6 Å². The summed E-state index contributed by atoms with van der Waals surface area (Å²) < 4.78 is 5.20. The Morgan fingerprint density at radius 2 is 1.52 bits per heavy atom. The van der Waals surface area contributed by atoms with Gasteiger partial charge in [-0.05, 0) is 31.2 Å². The molecule has 0 aromatic heterocycles. The maximum absolute atomic E-state index is 12.2. The van der Waals surface area contributed by atoms with Crippen molar-refractivity contribution in [3.05, 3.63) is 65.7 Å². The molecule has 0 heterocycles. The van der Waals surface area contributed by atoms with E-state index in [0.29, 0.717) is 16.8 Å². The molecule has 0 aliphatic rings. The molecule has 5 heteroatoms. The van der Waals surface area contributed by atoms with E-state index in [9.17, 15) is 14.4 Å². The van der Waals surface area contributed by atoms with Crippen molar-refractivity contribution in [1.82, 2.24) is 0 Å². The highest BCUT2D eigenvalue weighted by atomic mass is 16.5. The molecule has 0 aliphatic heterocycles. The van der Waals surface area contributed by atoms with Crippen molar-refractivity contribution in [2.45, 2.75) is 20.0 Å². The molecular formula is C18H17NO4. The molecule has 2 aromatic rings. The third-order valence-corrected chi connectivity index (χ3v) is 3.15. The van der Waals surface area contributed by atoms with Gasteiger partial charge in [-0.2, -0.15) is 0 Å². The van der Waals surface area contributed by atoms with Gasteiger partial charge in [-0.1, -0.05) is 30.3 Å². The van der Waals surface area contributed by atoms with E-state index < -0.39 is 12.1 Å². The van der Waals surface area contributed by atoms with Crippen molar-refractivity contribution in [1.29, 1.82) is 0 Å². The van der Waals surface area contributed by atoms with Gasteiger partial charge < -0.3 is 10.1 Å². The Labute approximate surface area is 134 Å². The minimum Gasteiger partial charge on any atom is -0.451 e. The van der Waals surface area contributed by atoms with E-state index in [0.717, 1.165) is 0 Å². The number of hydrogen-bond donors (Lipinski definition) is 1. The van der Waals surface area contributed by atoms with Crippen molar-refractivity contribution in [2.24, 2.45) is 0 Å². The maximum atomic E-state index is 12.2. The number of ether oxygens (including phenoxy) is 1. The topological polar surface area (TPSA) is 72.5 Å². The lowest BCUT2D eigenvalue weighted by Crippen LogP contribution is -2.24. The van der Waals surface area contributed by atoms with Gasteiger partial charge in [0.15, 0.2) is 6.10 Å². The Bertz CT molecular complexity index is 708. The van der Waals surface area contributed by atoms with Crippen LogP contribution in [-0.2, 0) is 9.53 Å². The van der Waals surface area contributed by atoms with E-state index in [-0.39, 0.29) is 11.7 Å². The molecule has 23 heavy (non-hydrogen) atoms. The number of hydrogen-bond acceptors (Lipinski definition) is 4. The summed E-state index contributed by atoms with van der Waals surface area (Å²) >= 11 is 0. The van der Waals surface area contributed by atoms with Gasteiger partial charge in [-0.25, -0.2) is 4.79 Å². The molecular weight excluding hydrogens is 294 g/mol. The number of esters is 1. The predicted molar refractivity (Wildman–Crippen MR) is 86.4 cm³/mol. The van der Waals surface area contributed by atoms with Crippen LogP contribution in [0.25, 0.3) is 0 Å². The number of nitrogens with one attached hydrogen (secondary N) is 1. The van der Waals surface area contributed by atoms with Crippen LogP contribution < -0.4 is 5.32 Å². The van der Waals surface area contributed by atoms with Crippen LogP contribution in [0.2, 0.25) is 0 Å². The number of benzene rings is 2. The summed E-state index contributed by atoms with van der Waals surface area (Å²) in [6, 6.07) is 14.9. The molecule has 0 spiro atoms. The summed E-state index contributed by atoms with van der Waals surface area (Å²) in [4.78, 5) is 35.2. The summed E-state index contributed by atoms with van der Waals surface area (Å²) in [5.74, 6) is -1.03. The van der Waals surface area contributed by atoms with Crippen molar-refractivity contribution in [2.75, 3.05) is 5.32 Å². The summed E-state index contributed by atoms with van der Waals surface area (Å²) in [5.41, 5.74) is 1.39. The SMILES string of the molecule is CC(=O)Nc1ccc(C(=O)OC(C)C(=O)c2ccccc2)cc1. The normalized spacial score (nSPS) is 11.4. The molecule has 2 rings (SSSR count). The van der Waals surface area contributed by atoms with Gasteiger partial charge in [0, 0.05) is 18.2 Å². The number of carbonyl (C=O) groups is 3. The van der Waals surface area contributed by atoms with Crippen LogP contribution >= 0.6 is 0 Å². The number of carbonyl (C=O) groups excluding carboxylic acids is 3. The van der Waals surface area contributed by atoms with E-state index in [1.165, 1.54) is 19.1 Å². The summed E-state index contributed by atoms with van der Waals surface area (Å²) in [7, 11) is 0. The zero-order valence-electron chi connectivity index (χ0n) is 12.9. The van der Waals surface area contributed by atoms with Gasteiger partial charge in [0.25, 0.3) is 0 Å². The Morgan fingerprint density at radius 3 is 2.09 bits per heavy atom. The highest BCUT2D eigenvalue weighted by Gasteiger charge is 2.20. The second-order valence-corrected chi connectivity index (χ2v) is 5.04. The number of amides is 1. The second kappa shape index (κ2) is 7.35. The molecule has 0 bridgehead atoms.